The Morgan fingerprint density at radius 2 is 1.90 bits per heavy atom. The number of benzene rings is 1. The van der Waals surface area contributed by atoms with E-state index < -0.39 is 5.92 Å². The Labute approximate surface area is 125 Å². The lowest BCUT2D eigenvalue weighted by molar-refractivity contribution is -0.0462. The molecule has 4 heteroatoms. The lowest BCUT2D eigenvalue weighted by Crippen LogP contribution is -2.44. The summed E-state index contributed by atoms with van der Waals surface area (Å²) in [7, 11) is 0. The maximum absolute atomic E-state index is 14.3. The molecular weight excluding hydrogens is 270 g/mol. The Morgan fingerprint density at radius 1 is 1.14 bits per heavy atom. The molecule has 1 N–H and O–H groups in total. The Hall–Kier alpha value is -1.00. The summed E-state index contributed by atoms with van der Waals surface area (Å²) in [5, 5.41) is 3.53. The molecule has 116 valence electrons. The number of alkyl halides is 2. The van der Waals surface area contributed by atoms with Crippen LogP contribution in [0.2, 0.25) is 0 Å². The number of likely N-dealkylation sites (tertiary alicyclic amines) is 1. The molecule has 1 aliphatic heterocycles. The van der Waals surface area contributed by atoms with Gasteiger partial charge in [-0.15, -0.1) is 0 Å². The Bertz CT molecular complexity index is 445. The molecule has 3 rings (SSSR count). The minimum atomic E-state index is -2.76. The Morgan fingerprint density at radius 3 is 2.62 bits per heavy atom. The quantitative estimate of drug-likeness (QED) is 0.866. The molecule has 1 saturated heterocycles. The van der Waals surface area contributed by atoms with E-state index in [-0.39, 0.29) is 12.1 Å². The molecule has 1 aliphatic carbocycles. The molecule has 1 unspecified atom stereocenters. The maximum atomic E-state index is 14.3. The fourth-order valence-electron chi connectivity index (χ4n) is 3.14. The highest BCUT2D eigenvalue weighted by Gasteiger charge is 2.35. The molecule has 0 spiro atoms. The van der Waals surface area contributed by atoms with Gasteiger partial charge in [-0.05, 0) is 44.7 Å². The SMILES string of the molecule is FC(F)(CN1CCCC(CNC2CC2)C1)c1ccccc1. The summed E-state index contributed by atoms with van der Waals surface area (Å²) >= 11 is 0. The van der Waals surface area contributed by atoms with Gasteiger partial charge < -0.3 is 5.32 Å². The molecule has 2 fully saturated rings. The van der Waals surface area contributed by atoms with Gasteiger partial charge in [0.25, 0.3) is 5.92 Å². The Kier molecular flexibility index (Phi) is 4.55. The second-order valence-corrected chi connectivity index (χ2v) is 6.50. The third kappa shape index (κ3) is 4.24. The minimum Gasteiger partial charge on any atom is -0.314 e. The van der Waals surface area contributed by atoms with Crippen LogP contribution in [0.15, 0.2) is 30.3 Å². The van der Waals surface area contributed by atoms with Crippen LogP contribution in [0, 0.1) is 5.92 Å². The van der Waals surface area contributed by atoms with Crippen molar-refractivity contribution in [2.75, 3.05) is 26.2 Å². The zero-order chi connectivity index (χ0) is 14.7. The van der Waals surface area contributed by atoms with Gasteiger partial charge in [0.15, 0.2) is 0 Å². The zero-order valence-electron chi connectivity index (χ0n) is 12.4. The van der Waals surface area contributed by atoms with E-state index in [0.29, 0.717) is 12.0 Å². The van der Waals surface area contributed by atoms with Gasteiger partial charge in [-0.25, -0.2) is 0 Å². The number of nitrogens with one attached hydrogen (secondary N) is 1. The van der Waals surface area contributed by atoms with E-state index in [4.69, 9.17) is 0 Å². The monoisotopic (exact) mass is 294 g/mol. The smallest absolute Gasteiger partial charge is 0.285 e. The van der Waals surface area contributed by atoms with Crippen LogP contribution < -0.4 is 5.32 Å². The van der Waals surface area contributed by atoms with Crippen LogP contribution in [-0.4, -0.2) is 37.1 Å². The topological polar surface area (TPSA) is 15.3 Å². The van der Waals surface area contributed by atoms with E-state index in [1.165, 1.54) is 25.0 Å². The van der Waals surface area contributed by atoms with Gasteiger partial charge in [-0.3, -0.25) is 4.90 Å². The third-order valence-electron chi connectivity index (χ3n) is 4.49. The van der Waals surface area contributed by atoms with Gasteiger partial charge in [0.2, 0.25) is 0 Å². The van der Waals surface area contributed by atoms with E-state index in [1.54, 1.807) is 18.2 Å². The second-order valence-electron chi connectivity index (χ2n) is 6.50. The normalized spacial score (nSPS) is 24.2. The molecule has 0 aromatic heterocycles. The lowest BCUT2D eigenvalue weighted by atomic mass is 9.97. The first-order chi connectivity index (χ1) is 10.1. The van der Waals surface area contributed by atoms with Crippen molar-refractivity contribution < 1.29 is 8.78 Å². The van der Waals surface area contributed by atoms with Crippen molar-refractivity contribution in [1.29, 1.82) is 0 Å². The van der Waals surface area contributed by atoms with Crippen molar-refractivity contribution in [2.45, 2.75) is 37.6 Å². The van der Waals surface area contributed by atoms with Gasteiger partial charge >= 0.3 is 0 Å². The van der Waals surface area contributed by atoms with Crippen LogP contribution in [0.4, 0.5) is 8.78 Å². The summed E-state index contributed by atoms with van der Waals surface area (Å²) in [5.41, 5.74) is 0.128. The van der Waals surface area contributed by atoms with Gasteiger partial charge in [0.05, 0.1) is 6.54 Å². The highest BCUT2D eigenvalue weighted by atomic mass is 19.3. The summed E-state index contributed by atoms with van der Waals surface area (Å²) < 4.78 is 28.7. The largest absolute Gasteiger partial charge is 0.314 e. The maximum Gasteiger partial charge on any atom is 0.285 e. The van der Waals surface area contributed by atoms with Crippen LogP contribution in [0.25, 0.3) is 0 Å². The number of nitrogens with zero attached hydrogens (tertiary/aromatic N) is 1. The molecule has 0 bridgehead atoms. The molecule has 1 aromatic rings. The molecule has 21 heavy (non-hydrogen) atoms. The van der Waals surface area contributed by atoms with Crippen molar-refractivity contribution >= 4 is 0 Å². The molecule has 2 aliphatic rings. The summed E-state index contributed by atoms with van der Waals surface area (Å²) in [5.74, 6) is -2.24. The first kappa shape index (κ1) is 14.9. The average molecular weight is 294 g/mol. The molecule has 1 atom stereocenters. The molecule has 0 radical (unpaired) electrons. The van der Waals surface area contributed by atoms with Crippen LogP contribution >= 0.6 is 0 Å². The minimum absolute atomic E-state index is 0.128. The van der Waals surface area contributed by atoms with Crippen molar-refractivity contribution in [1.82, 2.24) is 10.2 Å². The summed E-state index contributed by atoms with van der Waals surface area (Å²) in [6, 6.07) is 8.89. The number of hydrogen-bond donors (Lipinski definition) is 1. The number of piperidine rings is 1. The fourth-order valence-corrected chi connectivity index (χ4v) is 3.14. The molecule has 0 amide bonds. The van der Waals surface area contributed by atoms with E-state index in [2.05, 4.69) is 5.32 Å². The lowest BCUT2D eigenvalue weighted by Gasteiger charge is -2.35. The van der Waals surface area contributed by atoms with Crippen molar-refractivity contribution in [3.8, 4) is 0 Å². The number of rotatable bonds is 6. The highest BCUT2D eigenvalue weighted by molar-refractivity contribution is 5.20. The first-order valence-electron chi connectivity index (χ1n) is 8.02. The number of hydrogen-bond acceptors (Lipinski definition) is 2. The fraction of sp³-hybridized carbons (Fsp3) is 0.647. The first-order valence-corrected chi connectivity index (χ1v) is 8.02. The van der Waals surface area contributed by atoms with Gasteiger partial charge in [-0.2, -0.15) is 8.78 Å². The van der Waals surface area contributed by atoms with E-state index in [0.717, 1.165) is 32.5 Å². The van der Waals surface area contributed by atoms with Gasteiger partial charge in [0.1, 0.15) is 0 Å². The number of halogens is 2. The van der Waals surface area contributed by atoms with Crippen molar-refractivity contribution in [3.05, 3.63) is 35.9 Å². The summed E-state index contributed by atoms with van der Waals surface area (Å²) in [6.45, 7) is 2.42. The van der Waals surface area contributed by atoms with E-state index in [1.807, 2.05) is 4.90 Å². The Balaban J connectivity index is 1.53. The molecule has 2 nitrogen and oxygen atoms in total. The standard InChI is InChI=1S/C17H24F2N2/c18-17(19,15-6-2-1-3-7-15)13-21-10-4-5-14(12-21)11-20-16-8-9-16/h1-3,6-7,14,16,20H,4-5,8-13H2. The molecule has 1 saturated carbocycles. The summed E-state index contributed by atoms with van der Waals surface area (Å²) in [4.78, 5) is 1.94. The summed E-state index contributed by atoms with van der Waals surface area (Å²) in [6.07, 6.45) is 4.75. The van der Waals surface area contributed by atoms with Crippen LogP contribution in [0.5, 0.6) is 0 Å². The van der Waals surface area contributed by atoms with Crippen LogP contribution in [0.1, 0.15) is 31.2 Å². The van der Waals surface area contributed by atoms with E-state index >= 15 is 0 Å². The third-order valence-corrected chi connectivity index (χ3v) is 4.49. The predicted octanol–water partition coefficient (Wildman–Crippen LogP) is 3.24. The van der Waals surface area contributed by atoms with Crippen LogP contribution in [0.3, 0.4) is 0 Å². The highest BCUT2D eigenvalue weighted by Crippen LogP contribution is 2.30. The molecule has 1 aromatic carbocycles. The molecular formula is C17H24F2N2. The predicted molar refractivity (Wildman–Crippen MR) is 80.5 cm³/mol. The second kappa shape index (κ2) is 6.41. The zero-order valence-corrected chi connectivity index (χ0v) is 12.4. The van der Waals surface area contributed by atoms with Crippen molar-refractivity contribution in [2.24, 2.45) is 5.92 Å². The van der Waals surface area contributed by atoms with Gasteiger partial charge in [-0.1, -0.05) is 30.3 Å². The van der Waals surface area contributed by atoms with Crippen molar-refractivity contribution in [3.63, 3.8) is 0 Å². The average Bonchev–Trinajstić information content (AvgIpc) is 3.30. The van der Waals surface area contributed by atoms with Crippen LogP contribution in [-0.2, 0) is 5.92 Å². The molecule has 1 heterocycles. The van der Waals surface area contributed by atoms with E-state index in [9.17, 15) is 8.78 Å². The van der Waals surface area contributed by atoms with Gasteiger partial charge in [0, 0.05) is 18.2 Å².